The average Bonchev–Trinajstić information content (AvgIpc) is 2.81. The van der Waals surface area contributed by atoms with Crippen molar-refractivity contribution in [2.75, 3.05) is 17.3 Å². The lowest BCUT2D eigenvalue weighted by atomic mass is 10.2. The number of nitrogens with one attached hydrogen (secondary N) is 1. The van der Waals surface area contributed by atoms with Gasteiger partial charge >= 0.3 is 0 Å². The maximum Gasteiger partial charge on any atom is 0.144 e. The molecule has 2 rings (SSSR count). The Morgan fingerprint density at radius 3 is 2.84 bits per heavy atom. The molecule has 1 aromatic carbocycles. The first kappa shape index (κ1) is 14.4. The normalized spacial score (nSPS) is 22.7. The van der Waals surface area contributed by atoms with Crippen LogP contribution in [0.3, 0.4) is 0 Å². The van der Waals surface area contributed by atoms with Gasteiger partial charge in [-0.3, -0.25) is 0 Å². The van der Waals surface area contributed by atoms with Crippen molar-refractivity contribution < 1.29 is 4.74 Å². The molecule has 3 nitrogen and oxygen atoms in total. The van der Waals surface area contributed by atoms with Crippen LogP contribution in [0, 0.1) is 0 Å². The van der Waals surface area contributed by atoms with Gasteiger partial charge in [0.25, 0.3) is 0 Å². The molecule has 2 unspecified atom stereocenters. The van der Waals surface area contributed by atoms with Crippen LogP contribution >= 0.6 is 11.8 Å². The highest BCUT2D eigenvalue weighted by Crippen LogP contribution is 2.35. The number of rotatable bonds is 5. The Bertz CT molecular complexity index is 423. The van der Waals surface area contributed by atoms with E-state index in [1.165, 1.54) is 19.3 Å². The van der Waals surface area contributed by atoms with E-state index in [0.29, 0.717) is 11.3 Å². The summed E-state index contributed by atoms with van der Waals surface area (Å²) in [7, 11) is 0. The molecule has 0 bridgehead atoms. The molecule has 3 N–H and O–H groups in total. The monoisotopic (exact) mass is 280 g/mol. The molecule has 0 heterocycles. The van der Waals surface area contributed by atoms with Crippen LogP contribution in [-0.4, -0.2) is 23.7 Å². The van der Waals surface area contributed by atoms with E-state index in [9.17, 15) is 0 Å². The molecule has 4 heteroatoms. The molecular formula is C15H24N2OS. The van der Waals surface area contributed by atoms with Crippen LogP contribution < -0.4 is 15.8 Å². The summed E-state index contributed by atoms with van der Waals surface area (Å²) in [6.45, 7) is 4.03. The zero-order valence-corrected chi connectivity index (χ0v) is 12.8. The van der Waals surface area contributed by atoms with Crippen molar-refractivity contribution in [1.29, 1.82) is 0 Å². The van der Waals surface area contributed by atoms with Crippen LogP contribution in [0.5, 0.6) is 5.75 Å². The highest BCUT2D eigenvalue weighted by Gasteiger charge is 2.26. The zero-order chi connectivity index (χ0) is 13.8. The van der Waals surface area contributed by atoms with Crippen molar-refractivity contribution in [3.63, 3.8) is 0 Å². The lowest BCUT2D eigenvalue weighted by Gasteiger charge is -2.22. The van der Waals surface area contributed by atoms with Crippen molar-refractivity contribution in [2.45, 2.75) is 50.5 Å². The van der Waals surface area contributed by atoms with E-state index < -0.39 is 0 Å². The summed E-state index contributed by atoms with van der Waals surface area (Å²) in [4.78, 5) is 0. The van der Waals surface area contributed by atoms with Crippen molar-refractivity contribution in [2.24, 2.45) is 0 Å². The van der Waals surface area contributed by atoms with Crippen molar-refractivity contribution in [3.05, 3.63) is 18.2 Å². The van der Waals surface area contributed by atoms with E-state index in [2.05, 4.69) is 11.6 Å². The molecule has 1 aliphatic rings. The third kappa shape index (κ3) is 3.50. The molecule has 0 radical (unpaired) electrons. The third-order valence-corrected chi connectivity index (χ3v) is 4.69. The van der Waals surface area contributed by atoms with Crippen molar-refractivity contribution >= 4 is 23.1 Å². The Hall–Kier alpha value is -1.03. The fourth-order valence-electron chi connectivity index (χ4n) is 2.60. The van der Waals surface area contributed by atoms with Gasteiger partial charge in [0.05, 0.1) is 17.5 Å². The fourth-order valence-corrected chi connectivity index (χ4v) is 3.53. The second kappa shape index (κ2) is 6.42. The summed E-state index contributed by atoms with van der Waals surface area (Å²) in [5.41, 5.74) is 7.93. The van der Waals surface area contributed by atoms with Gasteiger partial charge in [0.15, 0.2) is 0 Å². The molecule has 19 heavy (non-hydrogen) atoms. The summed E-state index contributed by atoms with van der Waals surface area (Å²) in [5.74, 6) is 0.777. The first-order valence-electron chi connectivity index (χ1n) is 6.96. The first-order chi connectivity index (χ1) is 9.11. The van der Waals surface area contributed by atoms with Gasteiger partial charge in [0.1, 0.15) is 5.75 Å². The number of hydrogen-bond acceptors (Lipinski definition) is 4. The molecule has 0 aromatic heterocycles. The molecule has 1 aromatic rings. The SMILES string of the molecule is CSC1CCCC1Nc1cccc(OC(C)C)c1N. The summed E-state index contributed by atoms with van der Waals surface area (Å²) in [5, 5.41) is 4.29. The topological polar surface area (TPSA) is 47.3 Å². The predicted octanol–water partition coefficient (Wildman–Crippen LogP) is 3.75. The van der Waals surface area contributed by atoms with Gasteiger partial charge in [-0.2, -0.15) is 11.8 Å². The molecular weight excluding hydrogens is 256 g/mol. The van der Waals surface area contributed by atoms with Crippen molar-refractivity contribution in [3.8, 4) is 5.75 Å². The highest BCUT2D eigenvalue weighted by molar-refractivity contribution is 7.99. The van der Waals surface area contributed by atoms with Crippen LogP contribution in [0.1, 0.15) is 33.1 Å². The number of nitrogen functional groups attached to an aromatic ring is 1. The maximum absolute atomic E-state index is 6.20. The predicted molar refractivity (Wildman–Crippen MR) is 85.2 cm³/mol. The molecule has 2 atom stereocenters. The van der Waals surface area contributed by atoms with E-state index in [0.717, 1.165) is 17.1 Å². The molecule has 0 saturated heterocycles. The van der Waals surface area contributed by atoms with Crippen LogP contribution in [0.2, 0.25) is 0 Å². The van der Waals surface area contributed by atoms with Gasteiger partial charge in [0.2, 0.25) is 0 Å². The second-order valence-corrected chi connectivity index (χ2v) is 6.42. The molecule has 0 spiro atoms. The minimum absolute atomic E-state index is 0.142. The minimum Gasteiger partial charge on any atom is -0.489 e. The van der Waals surface area contributed by atoms with Crippen LogP contribution in [-0.2, 0) is 0 Å². The largest absolute Gasteiger partial charge is 0.489 e. The average molecular weight is 280 g/mol. The van der Waals surface area contributed by atoms with E-state index in [1.807, 2.05) is 43.8 Å². The first-order valence-corrected chi connectivity index (χ1v) is 8.25. The molecule has 1 saturated carbocycles. The lowest BCUT2D eigenvalue weighted by molar-refractivity contribution is 0.244. The Balaban J connectivity index is 2.12. The van der Waals surface area contributed by atoms with Crippen LogP contribution in [0.4, 0.5) is 11.4 Å². The number of anilines is 2. The Morgan fingerprint density at radius 1 is 1.37 bits per heavy atom. The number of thioether (sulfide) groups is 1. The van der Waals surface area contributed by atoms with E-state index in [-0.39, 0.29) is 6.10 Å². The number of hydrogen-bond donors (Lipinski definition) is 2. The molecule has 1 aliphatic carbocycles. The fraction of sp³-hybridized carbons (Fsp3) is 0.600. The molecule has 0 amide bonds. The van der Waals surface area contributed by atoms with E-state index in [1.54, 1.807) is 0 Å². The standard InChI is InChI=1S/C15H24N2OS/c1-10(2)18-13-8-4-7-12(15(13)16)17-11-6-5-9-14(11)19-3/h4,7-8,10-11,14,17H,5-6,9,16H2,1-3H3. The van der Waals surface area contributed by atoms with Crippen molar-refractivity contribution in [1.82, 2.24) is 0 Å². The Labute approximate surface area is 120 Å². The van der Waals surface area contributed by atoms with Crippen LogP contribution in [0.25, 0.3) is 0 Å². The third-order valence-electron chi connectivity index (χ3n) is 3.52. The number of ether oxygens (including phenoxy) is 1. The minimum atomic E-state index is 0.142. The van der Waals surface area contributed by atoms with Gasteiger partial charge < -0.3 is 15.8 Å². The van der Waals surface area contributed by atoms with Crippen LogP contribution in [0.15, 0.2) is 18.2 Å². The summed E-state index contributed by atoms with van der Waals surface area (Å²) >= 11 is 1.95. The van der Waals surface area contributed by atoms with E-state index >= 15 is 0 Å². The Morgan fingerprint density at radius 2 is 2.16 bits per heavy atom. The maximum atomic E-state index is 6.20. The number of benzene rings is 1. The van der Waals surface area contributed by atoms with Gasteiger partial charge in [-0.25, -0.2) is 0 Å². The zero-order valence-electron chi connectivity index (χ0n) is 12.0. The van der Waals surface area contributed by atoms with Gasteiger partial charge in [0, 0.05) is 11.3 Å². The number of para-hydroxylation sites is 1. The summed E-state index contributed by atoms with van der Waals surface area (Å²) in [6.07, 6.45) is 6.14. The van der Waals surface area contributed by atoms with Gasteiger partial charge in [-0.1, -0.05) is 12.5 Å². The molecule has 1 fully saturated rings. The van der Waals surface area contributed by atoms with Gasteiger partial charge in [-0.05, 0) is 45.1 Å². The second-order valence-electron chi connectivity index (χ2n) is 5.34. The summed E-state index contributed by atoms with van der Waals surface area (Å²) < 4.78 is 5.73. The quantitative estimate of drug-likeness (QED) is 0.806. The smallest absolute Gasteiger partial charge is 0.144 e. The van der Waals surface area contributed by atoms with Gasteiger partial charge in [-0.15, -0.1) is 0 Å². The van der Waals surface area contributed by atoms with E-state index in [4.69, 9.17) is 10.5 Å². The molecule has 106 valence electrons. The summed E-state index contributed by atoms with van der Waals surface area (Å²) in [6, 6.07) is 6.49. The number of nitrogens with two attached hydrogens (primary N) is 1. The molecule has 0 aliphatic heterocycles. The Kier molecular flexibility index (Phi) is 4.86. The lowest BCUT2D eigenvalue weighted by Crippen LogP contribution is -2.26. The highest BCUT2D eigenvalue weighted by atomic mass is 32.2.